The van der Waals surface area contributed by atoms with Crippen molar-refractivity contribution in [2.45, 2.75) is 26.4 Å². The number of carbonyl (C=O) groups excluding carboxylic acids is 1. The van der Waals surface area contributed by atoms with Crippen LogP contribution < -0.4 is 10.5 Å². The zero-order valence-corrected chi connectivity index (χ0v) is 10.5. The monoisotopic (exact) mass is 244 g/mol. The van der Waals surface area contributed by atoms with Crippen molar-refractivity contribution >= 4 is 12.0 Å². The molecule has 0 spiro atoms. The lowest BCUT2D eigenvalue weighted by Crippen LogP contribution is -2.13. The molecule has 0 aromatic heterocycles. The standard InChI is InChI=1S/C14H16N2O2/c1-3-10(2)18-13-7-5-4-6-11(13)8-12(9-15)14(16)17/h4-8,10H,3H2,1-2H3,(H2,16,17)/b12-8+/t10-/m1/s1. The van der Waals surface area contributed by atoms with Crippen molar-refractivity contribution in [1.29, 1.82) is 5.26 Å². The van der Waals surface area contributed by atoms with Crippen LogP contribution in [0.4, 0.5) is 0 Å². The molecule has 1 amide bonds. The molecule has 1 aromatic rings. The molecule has 94 valence electrons. The second kappa shape index (κ2) is 6.45. The van der Waals surface area contributed by atoms with Crippen LogP contribution in [0.15, 0.2) is 29.8 Å². The summed E-state index contributed by atoms with van der Waals surface area (Å²) in [6, 6.07) is 9.00. The molecule has 0 aliphatic rings. The summed E-state index contributed by atoms with van der Waals surface area (Å²) in [5, 5.41) is 8.82. The summed E-state index contributed by atoms with van der Waals surface area (Å²) in [6.07, 6.45) is 2.39. The average Bonchev–Trinajstić information content (AvgIpc) is 2.37. The van der Waals surface area contributed by atoms with Gasteiger partial charge in [-0.3, -0.25) is 4.79 Å². The maximum absolute atomic E-state index is 11.0. The van der Waals surface area contributed by atoms with Crippen LogP contribution in [0, 0.1) is 11.3 Å². The number of amides is 1. The number of para-hydroxylation sites is 1. The predicted octanol–water partition coefficient (Wildman–Crippen LogP) is 2.26. The summed E-state index contributed by atoms with van der Waals surface area (Å²) in [5.74, 6) is -0.100. The number of carbonyl (C=O) groups is 1. The molecule has 1 aromatic carbocycles. The van der Waals surface area contributed by atoms with Gasteiger partial charge in [-0.1, -0.05) is 25.1 Å². The van der Waals surface area contributed by atoms with Crippen LogP contribution in [0.2, 0.25) is 0 Å². The fourth-order valence-electron chi connectivity index (χ4n) is 1.32. The smallest absolute Gasteiger partial charge is 0.259 e. The second-order valence-corrected chi connectivity index (χ2v) is 3.91. The molecule has 0 saturated carbocycles. The Kier molecular flexibility index (Phi) is 4.94. The van der Waals surface area contributed by atoms with Crippen molar-refractivity contribution in [3.8, 4) is 11.8 Å². The van der Waals surface area contributed by atoms with Gasteiger partial charge in [0.25, 0.3) is 5.91 Å². The zero-order chi connectivity index (χ0) is 13.5. The summed E-state index contributed by atoms with van der Waals surface area (Å²) in [5.41, 5.74) is 5.69. The van der Waals surface area contributed by atoms with Crippen molar-refractivity contribution < 1.29 is 9.53 Å². The summed E-state index contributed by atoms with van der Waals surface area (Å²) >= 11 is 0. The van der Waals surface area contributed by atoms with E-state index in [0.29, 0.717) is 11.3 Å². The van der Waals surface area contributed by atoms with Crippen LogP contribution in [-0.4, -0.2) is 12.0 Å². The third kappa shape index (κ3) is 3.63. The van der Waals surface area contributed by atoms with Crippen molar-refractivity contribution in [3.63, 3.8) is 0 Å². The number of nitriles is 1. The third-order valence-corrected chi connectivity index (χ3v) is 2.51. The van der Waals surface area contributed by atoms with E-state index in [9.17, 15) is 4.79 Å². The number of nitrogens with two attached hydrogens (primary N) is 1. The van der Waals surface area contributed by atoms with Gasteiger partial charge in [-0.25, -0.2) is 0 Å². The van der Waals surface area contributed by atoms with Crippen LogP contribution >= 0.6 is 0 Å². The summed E-state index contributed by atoms with van der Waals surface area (Å²) in [6.45, 7) is 3.98. The number of nitrogens with zero attached hydrogens (tertiary/aromatic N) is 1. The molecule has 0 fully saturated rings. The molecule has 18 heavy (non-hydrogen) atoms. The predicted molar refractivity (Wildman–Crippen MR) is 69.6 cm³/mol. The molecular formula is C14H16N2O2. The van der Waals surface area contributed by atoms with Crippen LogP contribution in [0.25, 0.3) is 6.08 Å². The lowest BCUT2D eigenvalue weighted by atomic mass is 10.1. The van der Waals surface area contributed by atoms with E-state index < -0.39 is 5.91 Å². The average molecular weight is 244 g/mol. The molecule has 0 aliphatic carbocycles. The summed E-state index contributed by atoms with van der Waals surface area (Å²) in [7, 11) is 0. The zero-order valence-electron chi connectivity index (χ0n) is 10.5. The molecule has 0 bridgehead atoms. The Labute approximate surface area is 107 Å². The highest BCUT2D eigenvalue weighted by Crippen LogP contribution is 2.22. The Morgan fingerprint density at radius 2 is 2.22 bits per heavy atom. The van der Waals surface area contributed by atoms with E-state index in [4.69, 9.17) is 15.7 Å². The number of primary amides is 1. The van der Waals surface area contributed by atoms with Crippen molar-refractivity contribution in [2.24, 2.45) is 5.73 Å². The molecule has 2 N–H and O–H groups in total. The SMILES string of the molecule is CC[C@@H](C)Oc1ccccc1/C=C(\C#N)C(N)=O. The summed E-state index contributed by atoms with van der Waals surface area (Å²) < 4.78 is 5.71. The van der Waals surface area contributed by atoms with E-state index in [2.05, 4.69) is 0 Å². The van der Waals surface area contributed by atoms with Gasteiger partial charge in [0.05, 0.1) is 6.10 Å². The second-order valence-electron chi connectivity index (χ2n) is 3.91. The van der Waals surface area contributed by atoms with Crippen molar-refractivity contribution in [2.75, 3.05) is 0 Å². The molecule has 4 heteroatoms. The van der Waals surface area contributed by atoms with Gasteiger partial charge in [0.2, 0.25) is 0 Å². The highest BCUT2D eigenvalue weighted by molar-refractivity contribution is 6.00. The quantitative estimate of drug-likeness (QED) is 0.637. The Morgan fingerprint density at radius 3 is 2.78 bits per heavy atom. The molecule has 0 saturated heterocycles. The largest absolute Gasteiger partial charge is 0.490 e. The minimum absolute atomic E-state index is 0.0682. The van der Waals surface area contributed by atoms with E-state index in [1.165, 1.54) is 6.08 Å². The maximum atomic E-state index is 11.0. The third-order valence-electron chi connectivity index (χ3n) is 2.51. The van der Waals surface area contributed by atoms with Gasteiger partial charge >= 0.3 is 0 Å². The van der Waals surface area contributed by atoms with Crippen molar-refractivity contribution in [3.05, 3.63) is 35.4 Å². The Morgan fingerprint density at radius 1 is 1.56 bits per heavy atom. The Balaban J connectivity index is 3.10. The number of benzene rings is 1. The molecule has 0 heterocycles. The molecule has 0 radical (unpaired) electrons. The Bertz CT molecular complexity index is 501. The number of rotatable bonds is 5. The first-order valence-electron chi connectivity index (χ1n) is 5.75. The molecule has 4 nitrogen and oxygen atoms in total. The first-order chi connectivity index (χ1) is 8.58. The van der Waals surface area contributed by atoms with Crippen LogP contribution in [-0.2, 0) is 4.79 Å². The van der Waals surface area contributed by atoms with E-state index >= 15 is 0 Å². The molecule has 0 aliphatic heterocycles. The fourth-order valence-corrected chi connectivity index (χ4v) is 1.32. The maximum Gasteiger partial charge on any atom is 0.259 e. The highest BCUT2D eigenvalue weighted by Gasteiger charge is 2.08. The lowest BCUT2D eigenvalue weighted by Gasteiger charge is -2.14. The van der Waals surface area contributed by atoms with Gasteiger partial charge < -0.3 is 10.5 Å². The first kappa shape index (κ1) is 13.8. The van der Waals surface area contributed by atoms with Crippen LogP contribution in [0.5, 0.6) is 5.75 Å². The fraction of sp³-hybridized carbons (Fsp3) is 0.286. The van der Waals surface area contributed by atoms with Gasteiger partial charge in [0.15, 0.2) is 0 Å². The lowest BCUT2D eigenvalue weighted by molar-refractivity contribution is -0.114. The minimum Gasteiger partial charge on any atom is -0.490 e. The van der Waals surface area contributed by atoms with Gasteiger partial charge in [-0.2, -0.15) is 5.26 Å². The first-order valence-corrected chi connectivity index (χ1v) is 5.75. The van der Waals surface area contributed by atoms with Gasteiger partial charge in [0.1, 0.15) is 17.4 Å². The van der Waals surface area contributed by atoms with Crippen molar-refractivity contribution in [1.82, 2.24) is 0 Å². The number of ether oxygens (including phenoxy) is 1. The normalized spacial score (nSPS) is 12.6. The van der Waals surface area contributed by atoms with E-state index in [-0.39, 0.29) is 11.7 Å². The van der Waals surface area contributed by atoms with E-state index in [1.54, 1.807) is 18.2 Å². The number of hydrogen-bond acceptors (Lipinski definition) is 3. The molecule has 0 unspecified atom stereocenters. The molecule has 1 rings (SSSR count). The molecule has 1 atom stereocenters. The molecular weight excluding hydrogens is 228 g/mol. The van der Waals surface area contributed by atoms with Crippen LogP contribution in [0.3, 0.4) is 0 Å². The van der Waals surface area contributed by atoms with Gasteiger partial charge in [-0.15, -0.1) is 0 Å². The van der Waals surface area contributed by atoms with E-state index in [0.717, 1.165) is 6.42 Å². The number of hydrogen-bond donors (Lipinski definition) is 1. The topological polar surface area (TPSA) is 76.1 Å². The summed E-state index contributed by atoms with van der Waals surface area (Å²) in [4.78, 5) is 11.0. The van der Waals surface area contributed by atoms with Gasteiger partial charge in [0, 0.05) is 5.56 Å². The van der Waals surface area contributed by atoms with Gasteiger partial charge in [-0.05, 0) is 25.5 Å². The Hall–Kier alpha value is -2.28. The highest BCUT2D eigenvalue weighted by atomic mass is 16.5. The van der Waals surface area contributed by atoms with Crippen LogP contribution in [0.1, 0.15) is 25.8 Å². The minimum atomic E-state index is -0.740. The van der Waals surface area contributed by atoms with E-state index in [1.807, 2.05) is 26.0 Å².